The van der Waals surface area contributed by atoms with Gasteiger partial charge in [0, 0.05) is 20.1 Å². The first kappa shape index (κ1) is 14.2. The second-order valence-corrected chi connectivity index (χ2v) is 4.73. The van der Waals surface area contributed by atoms with E-state index in [4.69, 9.17) is 5.73 Å². The monoisotopic (exact) mass is 302 g/mol. The molecule has 5 nitrogen and oxygen atoms in total. The number of aryl methyl sites for hydroxylation is 1. The first-order valence-corrected chi connectivity index (χ1v) is 6.58. The highest BCUT2D eigenvalue weighted by Crippen LogP contribution is 2.20. The molecule has 1 aromatic heterocycles. The van der Waals surface area contributed by atoms with Crippen LogP contribution in [0.5, 0.6) is 0 Å². The Morgan fingerprint density at radius 3 is 2.88 bits per heavy atom. The van der Waals surface area contributed by atoms with Gasteiger partial charge in [0.05, 0.1) is 11.9 Å². The van der Waals surface area contributed by atoms with Crippen LogP contribution in [0.15, 0.2) is 15.5 Å². The Morgan fingerprint density at radius 2 is 2.29 bits per heavy atom. The summed E-state index contributed by atoms with van der Waals surface area (Å²) in [6, 6.07) is 0. The van der Waals surface area contributed by atoms with Gasteiger partial charge < -0.3 is 10.6 Å². The number of halogens is 1. The van der Waals surface area contributed by atoms with E-state index in [0.29, 0.717) is 17.6 Å². The van der Waals surface area contributed by atoms with Gasteiger partial charge in [0.1, 0.15) is 4.47 Å². The quantitative estimate of drug-likeness (QED) is 0.858. The van der Waals surface area contributed by atoms with Gasteiger partial charge in [-0.25, -0.2) is 4.68 Å². The van der Waals surface area contributed by atoms with Crippen molar-refractivity contribution in [1.82, 2.24) is 9.78 Å². The molecule has 0 atom stereocenters. The minimum atomic E-state index is -0.0797. The van der Waals surface area contributed by atoms with Gasteiger partial charge in [-0.05, 0) is 35.3 Å². The normalized spacial score (nSPS) is 10.6. The Balaban J connectivity index is 2.95. The number of anilines is 1. The van der Waals surface area contributed by atoms with Crippen LogP contribution in [-0.2, 0) is 6.54 Å². The molecule has 0 aliphatic carbocycles. The molecule has 17 heavy (non-hydrogen) atoms. The standard InChI is InChI=1S/C11H19BrN4O/c1-3-6-16-11(17)10(12)9(8-14-16)15(2)7-4-5-13/h8H,3-7,13H2,1-2H3. The summed E-state index contributed by atoms with van der Waals surface area (Å²) < 4.78 is 2.05. The van der Waals surface area contributed by atoms with Gasteiger partial charge in [0.2, 0.25) is 0 Å². The molecule has 1 aromatic rings. The van der Waals surface area contributed by atoms with Gasteiger partial charge in [-0.2, -0.15) is 5.10 Å². The van der Waals surface area contributed by atoms with E-state index in [0.717, 1.165) is 25.1 Å². The maximum Gasteiger partial charge on any atom is 0.283 e. The lowest BCUT2D eigenvalue weighted by Gasteiger charge is -2.20. The Morgan fingerprint density at radius 1 is 1.59 bits per heavy atom. The minimum Gasteiger partial charge on any atom is -0.372 e. The molecule has 0 saturated heterocycles. The summed E-state index contributed by atoms with van der Waals surface area (Å²) in [6.45, 7) is 4.11. The van der Waals surface area contributed by atoms with Gasteiger partial charge in [-0.1, -0.05) is 6.92 Å². The molecular formula is C11H19BrN4O. The lowest BCUT2D eigenvalue weighted by atomic mass is 10.3. The van der Waals surface area contributed by atoms with Gasteiger partial charge in [-0.3, -0.25) is 4.79 Å². The Labute approximate surface area is 110 Å². The van der Waals surface area contributed by atoms with Crippen LogP contribution >= 0.6 is 15.9 Å². The van der Waals surface area contributed by atoms with Gasteiger partial charge in [-0.15, -0.1) is 0 Å². The van der Waals surface area contributed by atoms with E-state index in [9.17, 15) is 4.79 Å². The zero-order valence-electron chi connectivity index (χ0n) is 10.3. The topological polar surface area (TPSA) is 64.2 Å². The van der Waals surface area contributed by atoms with Crippen molar-refractivity contribution in [3.8, 4) is 0 Å². The van der Waals surface area contributed by atoms with Crippen LogP contribution in [0, 0.1) is 0 Å². The molecule has 6 heteroatoms. The molecule has 0 spiro atoms. The maximum absolute atomic E-state index is 12.0. The summed E-state index contributed by atoms with van der Waals surface area (Å²) in [5.41, 5.74) is 6.20. The summed E-state index contributed by atoms with van der Waals surface area (Å²) in [5.74, 6) is 0. The van der Waals surface area contributed by atoms with Crippen LogP contribution in [-0.4, -0.2) is 29.9 Å². The fourth-order valence-electron chi connectivity index (χ4n) is 1.54. The van der Waals surface area contributed by atoms with E-state index in [2.05, 4.69) is 21.0 Å². The lowest BCUT2D eigenvalue weighted by Crippen LogP contribution is -2.28. The van der Waals surface area contributed by atoms with Crippen LogP contribution in [0.2, 0.25) is 0 Å². The number of aromatic nitrogens is 2. The molecule has 0 saturated carbocycles. The summed E-state index contributed by atoms with van der Waals surface area (Å²) in [6.07, 6.45) is 3.50. The van der Waals surface area contributed by atoms with E-state index in [-0.39, 0.29) is 5.56 Å². The van der Waals surface area contributed by atoms with Crippen LogP contribution in [0.1, 0.15) is 19.8 Å². The molecule has 0 unspecified atom stereocenters. The number of rotatable bonds is 6. The zero-order chi connectivity index (χ0) is 12.8. The minimum absolute atomic E-state index is 0.0797. The molecular weight excluding hydrogens is 284 g/mol. The summed E-state index contributed by atoms with van der Waals surface area (Å²) in [7, 11) is 1.93. The van der Waals surface area contributed by atoms with E-state index >= 15 is 0 Å². The molecule has 0 aromatic carbocycles. The molecule has 0 amide bonds. The molecule has 1 heterocycles. The van der Waals surface area contributed by atoms with Gasteiger partial charge in [0.25, 0.3) is 5.56 Å². The Kier molecular flexibility index (Phi) is 5.64. The second kappa shape index (κ2) is 6.76. The summed E-state index contributed by atoms with van der Waals surface area (Å²) in [5, 5.41) is 4.16. The second-order valence-electron chi connectivity index (χ2n) is 3.94. The number of hydrogen-bond acceptors (Lipinski definition) is 4. The number of hydrogen-bond donors (Lipinski definition) is 1. The highest BCUT2D eigenvalue weighted by Gasteiger charge is 2.11. The molecule has 1 rings (SSSR count). The molecule has 0 bridgehead atoms. The Bertz CT molecular complexity index is 418. The lowest BCUT2D eigenvalue weighted by molar-refractivity contribution is 0.564. The third-order valence-electron chi connectivity index (χ3n) is 2.51. The third-order valence-corrected chi connectivity index (χ3v) is 3.26. The number of nitrogens with two attached hydrogens (primary N) is 1. The first-order chi connectivity index (χ1) is 8.11. The van der Waals surface area contributed by atoms with Gasteiger partial charge >= 0.3 is 0 Å². The highest BCUT2D eigenvalue weighted by atomic mass is 79.9. The van der Waals surface area contributed by atoms with Crippen molar-refractivity contribution < 1.29 is 0 Å². The maximum atomic E-state index is 12.0. The Hall–Kier alpha value is -0.880. The van der Waals surface area contributed by atoms with Crippen molar-refractivity contribution in [2.45, 2.75) is 26.3 Å². The van der Waals surface area contributed by atoms with Crippen LogP contribution in [0.4, 0.5) is 5.69 Å². The van der Waals surface area contributed by atoms with E-state index in [1.165, 1.54) is 4.68 Å². The average Bonchev–Trinajstić information content (AvgIpc) is 2.32. The van der Waals surface area contributed by atoms with E-state index in [1.54, 1.807) is 6.20 Å². The molecule has 0 aliphatic rings. The fourth-order valence-corrected chi connectivity index (χ4v) is 2.15. The van der Waals surface area contributed by atoms with Crippen LogP contribution in [0.3, 0.4) is 0 Å². The SMILES string of the molecule is CCCn1ncc(N(C)CCCN)c(Br)c1=O. The molecule has 0 radical (unpaired) electrons. The van der Waals surface area contributed by atoms with Gasteiger partial charge in [0.15, 0.2) is 0 Å². The number of nitrogens with zero attached hydrogens (tertiary/aromatic N) is 3. The molecule has 2 N–H and O–H groups in total. The molecule has 0 aliphatic heterocycles. The molecule has 0 fully saturated rings. The predicted molar refractivity (Wildman–Crippen MR) is 73.4 cm³/mol. The molecule has 96 valence electrons. The zero-order valence-corrected chi connectivity index (χ0v) is 11.9. The summed E-state index contributed by atoms with van der Waals surface area (Å²) in [4.78, 5) is 13.9. The largest absolute Gasteiger partial charge is 0.372 e. The summed E-state index contributed by atoms with van der Waals surface area (Å²) >= 11 is 3.35. The van der Waals surface area contributed by atoms with Crippen molar-refractivity contribution in [1.29, 1.82) is 0 Å². The van der Waals surface area contributed by atoms with Crippen molar-refractivity contribution in [2.75, 3.05) is 25.0 Å². The first-order valence-electron chi connectivity index (χ1n) is 5.78. The highest BCUT2D eigenvalue weighted by molar-refractivity contribution is 9.10. The fraction of sp³-hybridized carbons (Fsp3) is 0.636. The van der Waals surface area contributed by atoms with E-state index in [1.807, 2.05) is 18.9 Å². The van der Waals surface area contributed by atoms with Crippen molar-refractivity contribution in [2.24, 2.45) is 5.73 Å². The van der Waals surface area contributed by atoms with E-state index < -0.39 is 0 Å². The van der Waals surface area contributed by atoms with Crippen LogP contribution in [0.25, 0.3) is 0 Å². The van der Waals surface area contributed by atoms with Crippen molar-refractivity contribution in [3.63, 3.8) is 0 Å². The van der Waals surface area contributed by atoms with Crippen molar-refractivity contribution in [3.05, 3.63) is 21.0 Å². The van der Waals surface area contributed by atoms with Crippen LogP contribution < -0.4 is 16.2 Å². The average molecular weight is 303 g/mol. The smallest absolute Gasteiger partial charge is 0.283 e. The van der Waals surface area contributed by atoms with Crippen molar-refractivity contribution >= 4 is 21.6 Å². The third kappa shape index (κ3) is 3.54. The predicted octanol–water partition coefficient (Wildman–Crippen LogP) is 1.20.